The van der Waals surface area contributed by atoms with Gasteiger partial charge >= 0.3 is 0 Å². The number of hydrogen-bond acceptors (Lipinski definition) is 7. The molecule has 0 saturated heterocycles. The van der Waals surface area contributed by atoms with Gasteiger partial charge in [-0.2, -0.15) is 15.3 Å². The molecule has 1 fully saturated rings. The molecule has 0 amide bonds. The molecular formula is C20H22N8O. The van der Waals surface area contributed by atoms with Crippen molar-refractivity contribution in [2.45, 2.75) is 44.8 Å². The van der Waals surface area contributed by atoms with Crippen LogP contribution in [-0.2, 0) is 13.1 Å². The average molecular weight is 390 g/mol. The van der Waals surface area contributed by atoms with Crippen LogP contribution in [0, 0.1) is 11.3 Å². The molecule has 2 aliphatic rings. The molecule has 0 bridgehead atoms. The van der Waals surface area contributed by atoms with Crippen molar-refractivity contribution >= 4 is 22.8 Å². The minimum Gasteiger partial charge on any atom is -0.307 e. The summed E-state index contributed by atoms with van der Waals surface area (Å²) in [6.45, 7) is 2.67. The third-order valence-electron chi connectivity index (χ3n) is 5.81. The second-order valence-electron chi connectivity index (χ2n) is 7.86. The zero-order chi connectivity index (χ0) is 20.0. The quantitative estimate of drug-likeness (QED) is 0.731. The standard InChI is InChI=1S/C20H22N8O/c1-26-6-7-27-16(12-26)9-17(25-27)23-20-22-11-14-8-13(10-21)19(29)28(18(14)24-20)15-4-2-3-5-15/h8-9,11,15H,2-7,12H2,1H3,(H,22,23,24,25). The molecule has 3 aromatic heterocycles. The molecule has 29 heavy (non-hydrogen) atoms. The van der Waals surface area contributed by atoms with Crippen LogP contribution in [0.4, 0.5) is 11.8 Å². The van der Waals surface area contributed by atoms with Crippen molar-refractivity contribution in [1.29, 1.82) is 5.26 Å². The maximum absolute atomic E-state index is 12.9. The van der Waals surface area contributed by atoms with Crippen LogP contribution in [0.1, 0.15) is 43.0 Å². The Bertz CT molecular complexity index is 1180. The van der Waals surface area contributed by atoms with Gasteiger partial charge in [0.1, 0.15) is 17.3 Å². The number of rotatable bonds is 3. The maximum Gasteiger partial charge on any atom is 0.270 e. The Morgan fingerprint density at radius 1 is 1.24 bits per heavy atom. The summed E-state index contributed by atoms with van der Waals surface area (Å²) in [5, 5.41) is 17.8. The van der Waals surface area contributed by atoms with E-state index in [9.17, 15) is 10.1 Å². The number of hydrogen-bond donors (Lipinski definition) is 1. The van der Waals surface area contributed by atoms with E-state index in [1.807, 2.05) is 16.8 Å². The molecular weight excluding hydrogens is 368 g/mol. The summed E-state index contributed by atoms with van der Waals surface area (Å²) in [5.74, 6) is 1.09. The number of likely N-dealkylation sites (N-methyl/N-ethyl adjacent to an activating group) is 1. The highest BCUT2D eigenvalue weighted by Crippen LogP contribution is 2.31. The highest BCUT2D eigenvalue weighted by atomic mass is 16.1. The van der Waals surface area contributed by atoms with E-state index in [4.69, 9.17) is 0 Å². The van der Waals surface area contributed by atoms with Crippen LogP contribution in [0.2, 0.25) is 0 Å². The number of pyridine rings is 1. The lowest BCUT2D eigenvalue weighted by molar-refractivity contribution is 0.259. The van der Waals surface area contributed by atoms with Gasteiger partial charge in [-0.1, -0.05) is 12.8 Å². The molecule has 1 aliphatic heterocycles. The zero-order valence-corrected chi connectivity index (χ0v) is 16.3. The molecule has 0 spiro atoms. The van der Waals surface area contributed by atoms with Gasteiger partial charge in [-0.25, -0.2) is 4.98 Å². The Kier molecular flexibility index (Phi) is 4.28. The van der Waals surface area contributed by atoms with E-state index in [1.54, 1.807) is 16.8 Å². The number of anilines is 2. The van der Waals surface area contributed by atoms with Crippen LogP contribution in [0.3, 0.4) is 0 Å². The van der Waals surface area contributed by atoms with Crippen LogP contribution < -0.4 is 10.9 Å². The predicted octanol–water partition coefficient (Wildman–Crippen LogP) is 2.16. The highest BCUT2D eigenvalue weighted by Gasteiger charge is 2.23. The summed E-state index contributed by atoms with van der Waals surface area (Å²) in [6.07, 6.45) is 5.69. The lowest BCUT2D eigenvalue weighted by Crippen LogP contribution is -2.30. The molecule has 1 N–H and O–H groups in total. The van der Waals surface area contributed by atoms with Crippen LogP contribution in [0.25, 0.3) is 11.0 Å². The minimum absolute atomic E-state index is 0.0801. The molecule has 4 heterocycles. The number of aromatic nitrogens is 5. The van der Waals surface area contributed by atoms with Crippen molar-refractivity contribution in [2.75, 3.05) is 18.9 Å². The van der Waals surface area contributed by atoms with E-state index >= 15 is 0 Å². The molecule has 9 heteroatoms. The Labute approximate surface area is 167 Å². The third kappa shape index (κ3) is 3.15. The van der Waals surface area contributed by atoms with Crippen LogP contribution in [0.15, 0.2) is 23.1 Å². The summed E-state index contributed by atoms with van der Waals surface area (Å²) < 4.78 is 3.69. The first kappa shape index (κ1) is 17.8. The van der Waals surface area contributed by atoms with Crippen molar-refractivity contribution in [3.8, 4) is 6.07 Å². The highest BCUT2D eigenvalue weighted by molar-refractivity contribution is 5.77. The van der Waals surface area contributed by atoms with Gasteiger partial charge in [0, 0.05) is 36.8 Å². The van der Waals surface area contributed by atoms with Gasteiger partial charge in [-0.15, -0.1) is 0 Å². The first-order valence-corrected chi connectivity index (χ1v) is 9.97. The molecule has 0 aromatic carbocycles. The normalized spacial score (nSPS) is 17.4. The summed E-state index contributed by atoms with van der Waals surface area (Å²) in [6, 6.07) is 5.68. The predicted molar refractivity (Wildman–Crippen MR) is 108 cm³/mol. The second kappa shape index (κ2) is 6.97. The van der Waals surface area contributed by atoms with Crippen molar-refractivity contribution in [1.82, 2.24) is 29.2 Å². The first-order chi connectivity index (χ1) is 14.1. The van der Waals surface area contributed by atoms with Crippen molar-refractivity contribution < 1.29 is 0 Å². The summed E-state index contributed by atoms with van der Waals surface area (Å²) in [5.41, 5.74) is 1.59. The minimum atomic E-state index is -0.267. The molecule has 9 nitrogen and oxygen atoms in total. The summed E-state index contributed by atoms with van der Waals surface area (Å²) in [7, 11) is 2.09. The largest absolute Gasteiger partial charge is 0.307 e. The van der Waals surface area contributed by atoms with Gasteiger partial charge in [0.2, 0.25) is 5.95 Å². The van der Waals surface area contributed by atoms with Gasteiger partial charge in [0.25, 0.3) is 5.56 Å². The van der Waals surface area contributed by atoms with Crippen LogP contribution >= 0.6 is 0 Å². The molecule has 0 unspecified atom stereocenters. The van der Waals surface area contributed by atoms with E-state index in [1.165, 1.54) is 0 Å². The summed E-state index contributed by atoms with van der Waals surface area (Å²) >= 11 is 0. The van der Waals surface area contributed by atoms with E-state index in [0.717, 1.165) is 51.0 Å². The molecule has 1 saturated carbocycles. The van der Waals surface area contributed by atoms with Crippen LogP contribution in [0.5, 0.6) is 0 Å². The molecule has 0 radical (unpaired) electrons. The van der Waals surface area contributed by atoms with Gasteiger partial charge < -0.3 is 5.32 Å². The van der Waals surface area contributed by atoms with Crippen LogP contribution in [-0.4, -0.2) is 42.8 Å². The average Bonchev–Trinajstić information content (AvgIpc) is 3.36. The van der Waals surface area contributed by atoms with Crippen molar-refractivity contribution in [3.05, 3.63) is 39.9 Å². The zero-order valence-electron chi connectivity index (χ0n) is 16.3. The molecule has 1 aliphatic carbocycles. The SMILES string of the molecule is CN1CCn2nc(Nc3ncc4cc(C#N)c(=O)n(C5CCCC5)c4n3)cc2C1. The lowest BCUT2D eigenvalue weighted by Gasteiger charge is -2.22. The fourth-order valence-electron chi connectivity index (χ4n) is 4.33. The lowest BCUT2D eigenvalue weighted by atomic mass is 10.2. The number of nitrogens with zero attached hydrogens (tertiary/aromatic N) is 7. The number of nitriles is 1. The summed E-state index contributed by atoms with van der Waals surface area (Å²) in [4.78, 5) is 24.2. The van der Waals surface area contributed by atoms with E-state index in [-0.39, 0.29) is 17.2 Å². The van der Waals surface area contributed by atoms with E-state index < -0.39 is 0 Å². The molecule has 0 atom stereocenters. The second-order valence-corrected chi connectivity index (χ2v) is 7.86. The number of nitrogens with one attached hydrogen (secondary N) is 1. The first-order valence-electron chi connectivity index (χ1n) is 9.97. The fourth-order valence-corrected chi connectivity index (χ4v) is 4.33. The van der Waals surface area contributed by atoms with Crippen molar-refractivity contribution in [2.24, 2.45) is 0 Å². The fraction of sp³-hybridized carbons (Fsp3) is 0.450. The third-order valence-corrected chi connectivity index (χ3v) is 5.81. The van der Waals surface area contributed by atoms with Crippen molar-refractivity contribution in [3.63, 3.8) is 0 Å². The Morgan fingerprint density at radius 3 is 2.86 bits per heavy atom. The smallest absolute Gasteiger partial charge is 0.270 e. The van der Waals surface area contributed by atoms with Gasteiger partial charge in [-0.3, -0.25) is 18.9 Å². The van der Waals surface area contributed by atoms with E-state index in [0.29, 0.717) is 22.8 Å². The van der Waals surface area contributed by atoms with Gasteiger partial charge in [0.15, 0.2) is 5.82 Å². The molecule has 148 valence electrons. The molecule has 5 rings (SSSR count). The van der Waals surface area contributed by atoms with Gasteiger partial charge in [-0.05, 0) is 26.0 Å². The number of fused-ring (bicyclic) bond motifs is 2. The Hall–Kier alpha value is -3.25. The Morgan fingerprint density at radius 2 is 2.07 bits per heavy atom. The Balaban J connectivity index is 1.55. The molecule has 3 aromatic rings. The topological polar surface area (TPSA) is 105 Å². The van der Waals surface area contributed by atoms with E-state index in [2.05, 4.69) is 32.3 Å². The maximum atomic E-state index is 12.9. The van der Waals surface area contributed by atoms with Gasteiger partial charge in [0.05, 0.1) is 12.2 Å². The monoisotopic (exact) mass is 390 g/mol.